The third-order valence-corrected chi connectivity index (χ3v) is 4.00. The van der Waals surface area contributed by atoms with E-state index >= 15 is 0 Å². The molecule has 1 fully saturated rings. The van der Waals surface area contributed by atoms with Gasteiger partial charge in [-0.3, -0.25) is 4.79 Å². The smallest absolute Gasteiger partial charge is 0.267 e. The van der Waals surface area contributed by atoms with Gasteiger partial charge < -0.3 is 14.4 Å². The molecule has 1 N–H and O–H groups in total. The standard InChI is InChI=1S/C15H20N4O2/c1-19-10-4-7-12(19)14(20)16-9-8-13-17-15(21-18-13)11-5-2-3-6-11/h4,7,10-11H,2-3,5-6,8-9H2,1H3,(H,16,20). The molecule has 1 aliphatic carbocycles. The number of aromatic nitrogens is 3. The van der Waals surface area contributed by atoms with Gasteiger partial charge in [0.25, 0.3) is 5.91 Å². The molecule has 0 radical (unpaired) electrons. The molecule has 3 rings (SSSR count). The van der Waals surface area contributed by atoms with Crippen LogP contribution in [0.25, 0.3) is 0 Å². The van der Waals surface area contributed by atoms with E-state index in [2.05, 4.69) is 15.5 Å². The zero-order valence-corrected chi connectivity index (χ0v) is 12.2. The van der Waals surface area contributed by atoms with Gasteiger partial charge in [-0.1, -0.05) is 18.0 Å². The van der Waals surface area contributed by atoms with Gasteiger partial charge in [-0.05, 0) is 25.0 Å². The van der Waals surface area contributed by atoms with Gasteiger partial charge in [-0.25, -0.2) is 0 Å². The van der Waals surface area contributed by atoms with Crippen LogP contribution < -0.4 is 5.32 Å². The Morgan fingerprint density at radius 3 is 3.00 bits per heavy atom. The van der Waals surface area contributed by atoms with Crippen LogP contribution in [-0.2, 0) is 13.5 Å². The van der Waals surface area contributed by atoms with Crippen LogP contribution >= 0.6 is 0 Å². The summed E-state index contributed by atoms with van der Waals surface area (Å²) < 4.78 is 7.11. The Balaban J connectivity index is 1.49. The lowest BCUT2D eigenvalue weighted by Crippen LogP contribution is -2.27. The molecule has 2 aromatic heterocycles. The van der Waals surface area contributed by atoms with Gasteiger partial charge in [0.1, 0.15) is 5.69 Å². The molecule has 6 nitrogen and oxygen atoms in total. The molecule has 1 saturated carbocycles. The van der Waals surface area contributed by atoms with Crippen molar-refractivity contribution in [1.29, 1.82) is 0 Å². The lowest BCUT2D eigenvalue weighted by molar-refractivity contribution is 0.0946. The number of carbonyl (C=O) groups is 1. The molecule has 0 spiro atoms. The highest BCUT2D eigenvalue weighted by Crippen LogP contribution is 2.32. The minimum absolute atomic E-state index is 0.0815. The minimum atomic E-state index is -0.0815. The molecule has 1 aliphatic rings. The van der Waals surface area contributed by atoms with Crippen molar-refractivity contribution in [1.82, 2.24) is 20.0 Å². The Bertz CT molecular complexity index is 611. The molecule has 2 heterocycles. The lowest BCUT2D eigenvalue weighted by atomic mass is 10.1. The van der Waals surface area contributed by atoms with Crippen LogP contribution in [0.15, 0.2) is 22.9 Å². The molecule has 2 aromatic rings. The monoisotopic (exact) mass is 288 g/mol. The average Bonchev–Trinajstić information content (AvgIpc) is 3.19. The van der Waals surface area contributed by atoms with Gasteiger partial charge >= 0.3 is 0 Å². The number of nitrogens with zero attached hydrogens (tertiary/aromatic N) is 3. The molecule has 0 saturated heterocycles. The van der Waals surface area contributed by atoms with Crippen molar-refractivity contribution in [2.24, 2.45) is 7.05 Å². The summed E-state index contributed by atoms with van der Waals surface area (Å²) in [7, 11) is 1.85. The predicted molar refractivity (Wildman–Crippen MR) is 77.0 cm³/mol. The number of aryl methyl sites for hydroxylation is 1. The quantitative estimate of drug-likeness (QED) is 0.913. The highest BCUT2D eigenvalue weighted by Gasteiger charge is 2.22. The number of hydrogen-bond acceptors (Lipinski definition) is 4. The van der Waals surface area contributed by atoms with Crippen LogP contribution in [0, 0.1) is 0 Å². The maximum absolute atomic E-state index is 11.9. The maximum atomic E-state index is 11.9. The SMILES string of the molecule is Cn1cccc1C(=O)NCCc1noc(C2CCCC2)n1. The first-order valence-corrected chi connectivity index (χ1v) is 7.46. The predicted octanol–water partition coefficient (Wildman–Crippen LogP) is 2.04. The maximum Gasteiger partial charge on any atom is 0.267 e. The Morgan fingerprint density at radius 1 is 1.48 bits per heavy atom. The summed E-state index contributed by atoms with van der Waals surface area (Å²) in [5.41, 5.74) is 0.648. The van der Waals surface area contributed by atoms with E-state index in [0.717, 1.165) is 18.7 Å². The number of nitrogens with one attached hydrogen (secondary N) is 1. The molecule has 112 valence electrons. The Kier molecular flexibility index (Phi) is 4.03. The average molecular weight is 288 g/mol. The van der Waals surface area contributed by atoms with E-state index < -0.39 is 0 Å². The third kappa shape index (κ3) is 3.15. The second-order valence-corrected chi connectivity index (χ2v) is 5.54. The highest BCUT2D eigenvalue weighted by molar-refractivity contribution is 5.92. The Labute approximate surface area is 123 Å². The van der Waals surface area contributed by atoms with E-state index in [1.807, 2.05) is 19.3 Å². The van der Waals surface area contributed by atoms with Crippen molar-refractivity contribution < 1.29 is 9.32 Å². The number of hydrogen-bond donors (Lipinski definition) is 1. The summed E-state index contributed by atoms with van der Waals surface area (Å²) in [4.78, 5) is 16.4. The Morgan fingerprint density at radius 2 is 2.29 bits per heavy atom. The molecule has 0 atom stereocenters. The van der Waals surface area contributed by atoms with E-state index in [1.54, 1.807) is 10.6 Å². The normalized spacial score (nSPS) is 15.5. The fourth-order valence-electron chi connectivity index (χ4n) is 2.78. The molecule has 21 heavy (non-hydrogen) atoms. The van der Waals surface area contributed by atoms with Crippen molar-refractivity contribution in [2.75, 3.05) is 6.54 Å². The Hall–Kier alpha value is -2.11. The lowest BCUT2D eigenvalue weighted by Gasteiger charge is -2.04. The molecule has 0 aromatic carbocycles. The van der Waals surface area contributed by atoms with Crippen LogP contribution in [0.5, 0.6) is 0 Å². The van der Waals surface area contributed by atoms with E-state index in [1.165, 1.54) is 12.8 Å². The van der Waals surface area contributed by atoms with Crippen molar-refractivity contribution in [3.05, 3.63) is 35.7 Å². The second kappa shape index (κ2) is 6.11. The molecule has 0 aliphatic heterocycles. The largest absolute Gasteiger partial charge is 0.350 e. The zero-order chi connectivity index (χ0) is 14.7. The summed E-state index contributed by atoms with van der Waals surface area (Å²) in [6.07, 6.45) is 7.22. The number of carbonyl (C=O) groups excluding carboxylic acids is 1. The summed E-state index contributed by atoms with van der Waals surface area (Å²) in [6.45, 7) is 0.508. The first kappa shape index (κ1) is 13.9. The zero-order valence-electron chi connectivity index (χ0n) is 12.2. The summed E-state index contributed by atoms with van der Waals surface area (Å²) in [5.74, 6) is 1.78. The summed E-state index contributed by atoms with van der Waals surface area (Å²) >= 11 is 0. The fourth-order valence-corrected chi connectivity index (χ4v) is 2.78. The highest BCUT2D eigenvalue weighted by atomic mass is 16.5. The van der Waals surface area contributed by atoms with Crippen LogP contribution in [0.3, 0.4) is 0 Å². The number of rotatable bonds is 5. The van der Waals surface area contributed by atoms with Gasteiger partial charge in [0.05, 0.1) is 0 Å². The molecule has 6 heteroatoms. The van der Waals surface area contributed by atoms with Crippen LogP contribution in [0.1, 0.15) is 53.8 Å². The van der Waals surface area contributed by atoms with Gasteiger partial charge in [-0.2, -0.15) is 4.98 Å². The van der Waals surface area contributed by atoms with Crippen molar-refractivity contribution in [2.45, 2.75) is 38.0 Å². The first-order chi connectivity index (χ1) is 10.2. The van der Waals surface area contributed by atoms with Crippen LogP contribution in [-0.4, -0.2) is 27.2 Å². The first-order valence-electron chi connectivity index (χ1n) is 7.46. The molecular formula is C15H20N4O2. The van der Waals surface area contributed by atoms with Gasteiger partial charge in [0, 0.05) is 32.1 Å². The van der Waals surface area contributed by atoms with Gasteiger partial charge in [-0.15, -0.1) is 0 Å². The number of amides is 1. The fraction of sp³-hybridized carbons (Fsp3) is 0.533. The van der Waals surface area contributed by atoms with E-state index in [-0.39, 0.29) is 5.91 Å². The molecular weight excluding hydrogens is 268 g/mol. The third-order valence-electron chi connectivity index (χ3n) is 4.00. The van der Waals surface area contributed by atoms with Crippen LogP contribution in [0.4, 0.5) is 0 Å². The van der Waals surface area contributed by atoms with E-state index in [9.17, 15) is 4.79 Å². The van der Waals surface area contributed by atoms with E-state index in [4.69, 9.17) is 4.52 Å². The van der Waals surface area contributed by atoms with Gasteiger partial charge in [0.2, 0.25) is 5.89 Å². The van der Waals surface area contributed by atoms with Gasteiger partial charge in [0.15, 0.2) is 5.82 Å². The molecule has 1 amide bonds. The van der Waals surface area contributed by atoms with E-state index in [0.29, 0.717) is 30.4 Å². The van der Waals surface area contributed by atoms with Crippen molar-refractivity contribution in [3.8, 4) is 0 Å². The van der Waals surface area contributed by atoms with Crippen LogP contribution in [0.2, 0.25) is 0 Å². The van der Waals surface area contributed by atoms with Crippen molar-refractivity contribution >= 4 is 5.91 Å². The topological polar surface area (TPSA) is 73.0 Å². The summed E-state index contributed by atoms with van der Waals surface area (Å²) in [5, 5.41) is 6.87. The summed E-state index contributed by atoms with van der Waals surface area (Å²) in [6, 6.07) is 3.64. The van der Waals surface area contributed by atoms with Crippen molar-refractivity contribution in [3.63, 3.8) is 0 Å². The molecule has 0 unspecified atom stereocenters. The second-order valence-electron chi connectivity index (χ2n) is 5.54. The minimum Gasteiger partial charge on any atom is -0.350 e. The molecule has 0 bridgehead atoms.